The molecule has 2 fully saturated rings. The van der Waals surface area contributed by atoms with Crippen LogP contribution in [0.4, 0.5) is 5.95 Å². The Balaban J connectivity index is 1.80. The first kappa shape index (κ1) is 16.6. The number of methoxy groups -OCH3 is 1. The number of hydrogen-bond acceptors (Lipinski definition) is 7. The standard InChI is InChI=1S/C15H24N4O3S/c1-11(13(20)21-2)23-15-17-16-14(18-7-3-4-8-18)19(15)10-12-6-5-9-22-12/h11-12H,3-10H2,1-2H3/t11-,12+/m1/s1. The van der Waals surface area contributed by atoms with E-state index >= 15 is 0 Å². The smallest absolute Gasteiger partial charge is 0.318 e. The summed E-state index contributed by atoms with van der Waals surface area (Å²) in [6.45, 7) is 5.43. The van der Waals surface area contributed by atoms with Crippen LogP contribution in [-0.4, -0.2) is 58.9 Å². The van der Waals surface area contributed by atoms with Crippen LogP contribution >= 0.6 is 11.8 Å². The first-order chi connectivity index (χ1) is 11.2. The molecule has 3 rings (SSSR count). The van der Waals surface area contributed by atoms with Crippen molar-refractivity contribution in [2.24, 2.45) is 0 Å². The second-order valence-corrected chi connectivity index (χ2v) is 7.31. The van der Waals surface area contributed by atoms with Crippen molar-refractivity contribution in [3.63, 3.8) is 0 Å². The highest BCUT2D eigenvalue weighted by Crippen LogP contribution is 2.29. The highest BCUT2D eigenvalue weighted by Gasteiger charge is 2.27. The Bertz CT molecular complexity index is 539. The van der Waals surface area contributed by atoms with E-state index in [9.17, 15) is 4.79 Å². The maximum atomic E-state index is 11.7. The van der Waals surface area contributed by atoms with E-state index in [2.05, 4.69) is 19.7 Å². The monoisotopic (exact) mass is 340 g/mol. The molecule has 23 heavy (non-hydrogen) atoms. The van der Waals surface area contributed by atoms with Crippen LogP contribution in [0.25, 0.3) is 0 Å². The van der Waals surface area contributed by atoms with Crippen LogP contribution in [0.5, 0.6) is 0 Å². The average Bonchev–Trinajstić information content (AvgIpc) is 3.29. The van der Waals surface area contributed by atoms with Gasteiger partial charge in [0.15, 0.2) is 5.16 Å². The minimum Gasteiger partial charge on any atom is -0.468 e. The van der Waals surface area contributed by atoms with E-state index in [4.69, 9.17) is 9.47 Å². The average molecular weight is 340 g/mol. The maximum Gasteiger partial charge on any atom is 0.318 e. The summed E-state index contributed by atoms with van der Waals surface area (Å²) in [5, 5.41) is 9.18. The molecular formula is C15H24N4O3S. The second kappa shape index (κ2) is 7.53. The van der Waals surface area contributed by atoms with Gasteiger partial charge in [0.2, 0.25) is 5.95 Å². The summed E-state index contributed by atoms with van der Waals surface area (Å²) in [6, 6.07) is 0. The lowest BCUT2D eigenvalue weighted by molar-refractivity contribution is -0.139. The lowest BCUT2D eigenvalue weighted by Crippen LogP contribution is -2.25. The molecule has 1 aromatic heterocycles. The number of ether oxygens (including phenoxy) is 2. The Morgan fingerprint density at radius 1 is 1.39 bits per heavy atom. The third-order valence-electron chi connectivity index (χ3n) is 4.31. The van der Waals surface area contributed by atoms with Crippen molar-refractivity contribution in [2.75, 3.05) is 31.7 Å². The van der Waals surface area contributed by atoms with E-state index in [1.807, 2.05) is 6.92 Å². The molecule has 0 N–H and O–H groups in total. The van der Waals surface area contributed by atoms with Crippen LogP contribution in [-0.2, 0) is 20.8 Å². The highest BCUT2D eigenvalue weighted by atomic mass is 32.2. The van der Waals surface area contributed by atoms with Gasteiger partial charge in [0.1, 0.15) is 5.25 Å². The molecule has 0 saturated carbocycles. The van der Waals surface area contributed by atoms with E-state index in [1.54, 1.807) is 0 Å². The fraction of sp³-hybridized carbons (Fsp3) is 0.800. The van der Waals surface area contributed by atoms with Crippen molar-refractivity contribution in [3.05, 3.63) is 0 Å². The number of aromatic nitrogens is 3. The van der Waals surface area contributed by atoms with E-state index in [0.29, 0.717) is 0 Å². The Labute approximate surface area is 140 Å². The lowest BCUT2D eigenvalue weighted by atomic mass is 10.2. The summed E-state index contributed by atoms with van der Waals surface area (Å²) in [6.07, 6.45) is 4.75. The van der Waals surface area contributed by atoms with Crippen molar-refractivity contribution in [2.45, 2.75) is 55.7 Å². The largest absolute Gasteiger partial charge is 0.468 e. The Morgan fingerprint density at radius 2 is 2.17 bits per heavy atom. The molecule has 7 nitrogen and oxygen atoms in total. The molecule has 3 heterocycles. The lowest BCUT2D eigenvalue weighted by Gasteiger charge is -2.20. The maximum absolute atomic E-state index is 11.7. The van der Waals surface area contributed by atoms with Gasteiger partial charge in [-0.2, -0.15) is 0 Å². The molecule has 2 saturated heterocycles. The van der Waals surface area contributed by atoms with Crippen molar-refractivity contribution in [1.29, 1.82) is 0 Å². The zero-order valence-electron chi connectivity index (χ0n) is 13.7. The molecule has 1 aromatic rings. The molecule has 0 aromatic carbocycles. The summed E-state index contributed by atoms with van der Waals surface area (Å²) in [5.41, 5.74) is 0. The second-order valence-electron chi connectivity index (χ2n) is 6.01. The fourth-order valence-corrected chi connectivity index (χ4v) is 3.92. The van der Waals surface area contributed by atoms with Gasteiger partial charge >= 0.3 is 5.97 Å². The minimum absolute atomic E-state index is 0.208. The molecule has 2 aliphatic heterocycles. The number of hydrogen-bond donors (Lipinski definition) is 0. The fourth-order valence-electron chi connectivity index (χ4n) is 3.04. The number of thioether (sulfide) groups is 1. The third kappa shape index (κ3) is 3.80. The first-order valence-electron chi connectivity index (χ1n) is 8.23. The third-order valence-corrected chi connectivity index (χ3v) is 5.37. The molecular weight excluding hydrogens is 316 g/mol. The molecule has 2 atom stereocenters. The Morgan fingerprint density at radius 3 is 2.83 bits per heavy atom. The van der Waals surface area contributed by atoms with Gasteiger partial charge in [-0.3, -0.25) is 9.36 Å². The van der Waals surface area contributed by atoms with Gasteiger partial charge in [0.05, 0.1) is 19.8 Å². The number of carbonyl (C=O) groups excluding carboxylic acids is 1. The molecule has 8 heteroatoms. The SMILES string of the molecule is COC(=O)[C@@H](C)Sc1nnc(N2CCCC2)n1C[C@@H]1CCCO1. The molecule has 0 spiro atoms. The van der Waals surface area contributed by atoms with Crippen LogP contribution in [0.15, 0.2) is 5.16 Å². The summed E-state index contributed by atoms with van der Waals surface area (Å²) in [7, 11) is 1.41. The summed E-state index contributed by atoms with van der Waals surface area (Å²) >= 11 is 1.40. The zero-order chi connectivity index (χ0) is 16.2. The van der Waals surface area contributed by atoms with Crippen LogP contribution in [0.2, 0.25) is 0 Å². The summed E-state index contributed by atoms with van der Waals surface area (Å²) < 4.78 is 12.7. The van der Waals surface area contributed by atoms with Crippen molar-refractivity contribution < 1.29 is 14.3 Å². The van der Waals surface area contributed by atoms with Gasteiger partial charge in [0, 0.05) is 19.7 Å². The molecule has 2 aliphatic rings. The van der Waals surface area contributed by atoms with Gasteiger partial charge in [-0.15, -0.1) is 10.2 Å². The van der Waals surface area contributed by atoms with E-state index < -0.39 is 0 Å². The normalized spacial score (nSPS) is 22.5. The topological polar surface area (TPSA) is 69.5 Å². The molecule has 0 radical (unpaired) electrons. The number of carbonyl (C=O) groups is 1. The van der Waals surface area contributed by atoms with Crippen molar-refractivity contribution >= 4 is 23.7 Å². The number of rotatable bonds is 6. The van der Waals surface area contributed by atoms with E-state index in [-0.39, 0.29) is 17.3 Å². The number of nitrogens with zero attached hydrogens (tertiary/aromatic N) is 4. The van der Waals surface area contributed by atoms with Crippen molar-refractivity contribution in [3.8, 4) is 0 Å². The molecule has 0 unspecified atom stereocenters. The number of esters is 1. The van der Waals surface area contributed by atoms with E-state index in [0.717, 1.165) is 50.2 Å². The predicted molar refractivity (Wildman–Crippen MR) is 87.8 cm³/mol. The molecule has 128 valence electrons. The van der Waals surface area contributed by atoms with Crippen LogP contribution in [0, 0.1) is 0 Å². The first-order valence-corrected chi connectivity index (χ1v) is 9.11. The molecule has 0 aliphatic carbocycles. The highest BCUT2D eigenvalue weighted by molar-refractivity contribution is 8.00. The van der Waals surface area contributed by atoms with Gasteiger partial charge in [-0.1, -0.05) is 11.8 Å². The Hall–Kier alpha value is -1.28. The zero-order valence-corrected chi connectivity index (χ0v) is 14.5. The van der Waals surface area contributed by atoms with Gasteiger partial charge in [0.25, 0.3) is 0 Å². The summed E-state index contributed by atoms with van der Waals surface area (Å²) in [5.74, 6) is 0.655. The van der Waals surface area contributed by atoms with Crippen LogP contribution in [0.3, 0.4) is 0 Å². The number of anilines is 1. The Kier molecular flexibility index (Phi) is 5.42. The van der Waals surface area contributed by atoms with Gasteiger partial charge in [-0.25, -0.2) is 0 Å². The predicted octanol–water partition coefficient (Wildman–Crippen LogP) is 1.71. The quantitative estimate of drug-likeness (QED) is 0.577. The van der Waals surface area contributed by atoms with Crippen molar-refractivity contribution in [1.82, 2.24) is 14.8 Å². The van der Waals surface area contributed by atoms with Crippen LogP contribution in [0.1, 0.15) is 32.6 Å². The minimum atomic E-state index is -0.307. The molecule has 0 bridgehead atoms. The van der Waals surface area contributed by atoms with Crippen LogP contribution < -0.4 is 4.90 Å². The summed E-state index contributed by atoms with van der Waals surface area (Å²) in [4.78, 5) is 14.0. The van der Waals surface area contributed by atoms with Gasteiger partial charge in [-0.05, 0) is 32.6 Å². The van der Waals surface area contributed by atoms with Gasteiger partial charge < -0.3 is 14.4 Å². The van der Waals surface area contributed by atoms with E-state index in [1.165, 1.54) is 31.7 Å². The molecule has 0 amide bonds.